The summed E-state index contributed by atoms with van der Waals surface area (Å²) in [7, 11) is -2.12. The van der Waals surface area contributed by atoms with Gasteiger partial charge in [-0.3, -0.25) is 4.79 Å². The molecule has 0 aliphatic heterocycles. The Kier molecular flexibility index (Phi) is 3.87. The second-order valence-corrected chi connectivity index (χ2v) is 6.52. The number of hydrogen-bond acceptors (Lipinski definition) is 5. The van der Waals surface area contributed by atoms with E-state index in [1.165, 1.54) is 18.2 Å². The van der Waals surface area contributed by atoms with E-state index in [1.807, 2.05) is 0 Å². The fraction of sp³-hybridized carbons (Fsp3) is 0.417. The van der Waals surface area contributed by atoms with Gasteiger partial charge in [0.2, 0.25) is 15.9 Å². The fourth-order valence-corrected chi connectivity index (χ4v) is 2.37. The molecular weight excluding hydrogens is 280 g/mol. The molecule has 0 bridgehead atoms. The molecule has 5 N–H and O–H groups in total. The van der Waals surface area contributed by atoms with Crippen molar-refractivity contribution in [3.63, 3.8) is 0 Å². The average molecular weight is 298 g/mol. The summed E-state index contributed by atoms with van der Waals surface area (Å²) in [6, 6.07) is 4.45. The number of anilines is 2. The number of hydrogen-bond donors (Lipinski definition) is 3. The van der Waals surface area contributed by atoms with Crippen LogP contribution in [-0.4, -0.2) is 34.0 Å². The highest BCUT2D eigenvalue weighted by Gasteiger charge is 2.24. The zero-order chi connectivity index (χ0) is 14.9. The molecule has 110 valence electrons. The van der Waals surface area contributed by atoms with Crippen molar-refractivity contribution in [2.24, 2.45) is 5.14 Å². The maximum atomic E-state index is 11.7. The van der Waals surface area contributed by atoms with Crippen LogP contribution in [0.4, 0.5) is 11.4 Å². The third-order valence-corrected chi connectivity index (χ3v) is 3.98. The second kappa shape index (κ2) is 5.29. The lowest BCUT2D eigenvalue weighted by molar-refractivity contribution is -0.119. The number of nitrogens with two attached hydrogens (primary N) is 2. The molecule has 0 spiro atoms. The number of likely N-dealkylation sites (N-methyl/N-ethyl adjacent to an activating group) is 1. The Hall–Kier alpha value is -1.80. The molecule has 2 rings (SSSR count). The van der Waals surface area contributed by atoms with Crippen molar-refractivity contribution in [1.82, 2.24) is 5.32 Å². The minimum absolute atomic E-state index is 0.0313. The smallest absolute Gasteiger partial charge is 0.239 e. The van der Waals surface area contributed by atoms with E-state index in [2.05, 4.69) is 5.32 Å². The molecule has 1 fully saturated rings. The van der Waals surface area contributed by atoms with Crippen molar-refractivity contribution in [2.75, 3.05) is 24.2 Å². The Bertz CT molecular complexity index is 626. The van der Waals surface area contributed by atoms with Gasteiger partial charge in [0.15, 0.2) is 0 Å². The Labute approximate surface area is 118 Å². The average Bonchev–Trinajstić information content (AvgIpc) is 3.11. The van der Waals surface area contributed by atoms with Crippen molar-refractivity contribution < 1.29 is 13.2 Å². The largest absolute Gasteiger partial charge is 0.397 e. The maximum absolute atomic E-state index is 11.7. The predicted octanol–water partition coefficient (Wildman–Crippen LogP) is -0.369. The number of carbonyl (C=O) groups is 1. The molecule has 8 heteroatoms. The standard InChI is InChI=1S/C12H18N4O3S/c1-16(7-12(17)15-8-2-3-8)11-6-9(20(14,18)19)4-5-10(11)13/h4-6,8H,2-3,7,13H2,1H3,(H,15,17)(H2,14,18,19). The highest BCUT2D eigenvalue weighted by atomic mass is 32.2. The number of nitrogens with zero attached hydrogens (tertiary/aromatic N) is 1. The minimum Gasteiger partial charge on any atom is -0.397 e. The third kappa shape index (κ3) is 3.61. The summed E-state index contributed by atoms with van der Waals surface area (Å²) in [5.41, 5.74) is 6.66. The summed E-state index contributed by atoms with van der Waals surface area (Å²) in [5.74, 6) is -0.115. The molecular formula is C12H18N4O3S. The molecule has 0 atom stereocenters. The number of benzene rings is 1. The van der Waals surface area contributed by atoms with Crippen LogP contribution in [0.5, 0.6) is 0 Å². The Balaban J connectivity index is 2.15. The molecule has 0 heterocycles. The number of nitrogens with one attached hydrogen (secondary N) is 1. The molecule has 0 aromatic heterocycles. The fourth-order valence-electron chi connectivity index (χ4n) is 1.83. The van der Waals surface area contributed by atoms with Crippen LogP contribution < -0.4 is 21.1 Å². The first-order valence-corrected chi connectivity index (χ1v) is 7.75. The summed E-state index contributed by atoms with van der Waals surface area (Å²) >= 11 is 0. The van der Waals surface area contributed by atoms with E-state index in [4.69, 9.17) is 10.9 Å². The van der Waals surface area contributed by atoms with Gasteiger partial charge in [-0.05, 0) is 31.0 Å². The molecule has 1 saturated carbocycles. The van der Waals surface area contributed by atoms with Crippen molar-refractivity contribution in [3.8, 4) is 0 Å². The molecule has 0 saturated heterocycles. The van der Waals surface area contributed by atoms with E-state index in [1.54, 1.807) is 11.9 Å². The van der Waals surface area contributed by atoms with Gasteiger partial charge in [0.05, 0.1) is 22.8 Å². The van der Waals surface area contributed by atoms with Crippen molar-refractivity contribution in [3.05, 3.63) is 18.2 Å². The molecule has 0 unspecified atom stereocenters. The number of sulfonamides is 1. The highest BCUT2D eigenvalue weighted by Crippen LogP contribution is 2.25. The monoisotopic (exact) mass is 298 g/mol. The first-order chi connectivity index (χ1) is 9.27. The Morgan fingerprint density at radius 3 is 2.65 bits per heavy atom. The van der Waals surface area contributed by atoms with Gasteiger partial charge in [-0.15, -0.1) is 0 Å². The quantitative estimate of drug-likeness (QED) is 0.641. The SMILES string of the molecule is CN(CC(=O)NC1CC1)c1cc(S(N)(=O)=O)ccc1N. The van der Waals surface area contributed by atoms with Gasteiger partial charge in [-0.2, -0.15) is 0 Å². The molecule has 20 heavy (non-hydrogen) atoms. The van der Waals surface area contributed by atoms with Gasteiger partial charge < -0.3 is 16.0 Å². The zero-order valence-electron chi connectivity index (χ0n) is 11.2. The summed E-state index contributed by atoms with van der Waals surface area (Å²) in [6.07, 6.45) is 2.02. The summed E-state index contributed by atoms with van der Waals surface area (Å²) in [4.78, 5) is 13.3. The van der Waals surface area contributed by atoms with Crippen LogP contribution in [0.2, 0.25) is 0 Å². The van der Waals surface area contributed by atoms with Crippen LogP contribution in [0.3, 0.4) is 0 Å². The van der Waals surface area contributed by atoms with Gasteiger partial charge in [0.25, 0.3) is 0 Å². The molecule has 1 aliphatic carbocycles. The highest BCUT2D eigenvalue weighted by molar-refractivity contribution is 7.89. The molecule has 1 aromatic carbocycles. The van der Waals surface area contributed by atoms with Crippen LogP contribution in [0.15, 0.2) is 23.1 Å². The topological polar surface area (TPSA) is 119 Å². The number of carbonyl (C=O) groups excluding carboxylic acids is 1. The van der Waals surface area contributed by atoms with Crippen LogP contribution in [0, 0.1) is 0 Å². The van der Waals surface area contributed by atoms with E-state index in [9.17, 15) is 13.2 Å². The summed E-state index contributed by atoms with van der Waals surface area (Å²) in [5, 5.41) is 7.94. The number of nitrogen functional groups attached to an aromatic ring is 1. The lowest BCUT2D eigenvalue weighted by Crippen LogP contribution is -2.36. The van der Waals surface area contributed by atoms with Crippen molar-refractivity contribution in [2.45, 2.75) is 23.8 Å². The molecule has 1 aromatic rings. The number of amides is 1. The van der Waals surface area contributed by atoms with E-state index in [0.717, 1.165) is 12.8 Å². The van der Waals surface area contributed by atoms with E-state index in [-0.39, 0.29) is 23.4 Å². The van der Waals surface area contributed by atoms with Crippen molar-refractivity contribution >= 4 is 27.3 Å². The molecule has 7 nitrogen and oxygen atoms in total. The lowest BCUT2D eigenvalue weighted by Gasteiger charge is -2.21. The minimum atomic E-state index is -3.80. The van der Waals surface area contributed by atoms with Gasteiger partial charge >= 0.3 is 0 Å². The Morgan fingerprint density at radius 1 is 1.45 bits per heavy atom. The maximum Gasteiger partial charge on any atom is 0.239 e. The molecule has 1 aliphatic rings. The lowest BCUT2D eigenvalue weighted by atomic mass is 10.2. The summed E-state index contributed by atoms with van der Waals surface area (Å²) < 4.78 is 22.7. The van der Waals surface area contributed by atoms with E-state index >= 15 is 0 Å². The molecule has 1 amide bonds. The van der Waals surface area contributed by atoms with Gasteiger partial charge in [0.1, 0.15) is 0 Å². The van der Waals surface area contributed by atoms with Crippen LogP contribution in [-0.2, 0) is 14.8 Å². The van der Waals surface area contributed by atoms with E-state index in [0.29, 0.717) is 11.4 Å². The summed E-state index contributed by atoms with van der Waals surface area (Å²) in [6.45, 7) is 0.106. The first-order valence-electron chi connectivity index (χ1n) is 6.20. The van der Waals surface area contributed by atoms with E-state index < -0.39 is 10.0 Å². The normalized spacial score (nSPS) is 14.9. The van der Waals surface area contributed by atoms with Gasteiger partial charge in [-0.1, -0.05) is 0 Å². The first kappa shape index (κ1) is 14.6. The predicted molar refractivity (Wildman–Crippen MR) is 76.7 cm³/mol. The number of primary sulfonamides is 1. The third-order valence-electron chi connectivity index (χ3n) is 3.06. The van der Waals surface area contributed by atoms with Crippen LogP contribution in [0.25, 0.3) is 0 Å². The zero-order valence-corrected chi connectivity index (χ0v) is 12.0. The van der Waals surface area contributed by atoms with Crippen LogP contribution in [0.1, 0.15) is 12.8 Å². The van der Waals surface area contributed by atoms with Gasteiger partial charge in [0, 0.05) is 13.1 Å². The van der Waals surface area contributed by atoms with Crippen molar-refractivity contribution in [1.29, 1.82) is 0 Å². The van der Waals surface area contributed by atoms with Gasteiger partial charge in [-0.25, -0.2) is 13.6 Å². The number of rotatable bonds is 5. The second-order valence-electron chi connectivity index (χ2n) is 4.96. The Morgan fingerprint density at radius 2 is 2.10 bits per heavy atom. The van der Waals surface area contributed by atoms with Crippen LogP contribution >= 0.6 is 0 Å². The molecule has 0 radical (unpaired) electrons.